The van der Waals surface area contributed by atoms with Crippen LogP contribution in [0.2, 0.25) is 0 Å². The van der Waals surface area contributed by atoms with E-state index in [2.05, 4.69) is 121 Å². The van der Waals surface area contributed by atoms with Crippen molar-refractivity contribution in [2.75, 3.05) is 0 Å². The summed E-state index contributed by atoms with van der Waals surface area (Å²) in [4.78, 5) is 0. The second-order valence-electron chi connectivity index (χ2n) is 13.6. The maximum Gasteiger partial charge on any atom is 0.136 e. The Bertz CT molecular complexity index is 3370. The molecule has 0 aliphatic carbocycles. The van der Waals surface area contributed by atoms with E-state index < -0.39 is 6.04 Å². The first kappa shape index (κ1) is 25.1. The van der Waals surface area contributed by atoms with Crippen molar-refractivity contribution >= 4 is 65.0 Å². The largest absolute Gasteiger partial charge is 0.456 e. The zero-order chi connectivity index (χ0) is 39.2. The van der Waals surface area contributed by atoms with Crippen LogP contribution in [0, 0.1) is 0 Å². The van der Waals surface area contributed by atoms with Crippen LogP contribution in [0.3, 0.4) is 0 Å². The highest BCUT2D eigenvalue weighted by Gasteiger charge is 2.20. The lowest BCUT2D eigenvalue weighted by Crippen LogP contribution is -1.90. The maximum atomic E-state index is 8.90. The van der Waals surface area contributed by atoms with E-state index >= 15 is 0 Å². The minimum atomic E-state index is -0.403. The zero-order valence-corrected chi connectivity index (χ0v) is 28.5. The minimum Gasteiger partial charge on any atom is -0.456 e. The highest BCUT2D eigenvalue weighted by molar-refractivity contribution is 6.24. The summed E-state index contributed by atoms with van der Waals surface area (Å²) in [6.45, 7) is 0. The van der Waals surface area contributed by atoms with Crippen LogP contribution in [0.15, 0.2) is 198 Å². The number of fused-ring (bicyclic) bond motifs is 7. The average molecular weight is 678 g/mol. The molecule has 0 N–H and O–H groups in total. The van der Waals surface area contributed by atoms with Gasteiger partial charge in [0.05, 0.1) is 6.85 Å². The summed E-state index contributed by atoms with van der Waals surface area (Å²) in [5, 5.41) is 10.3. The summed E-state index contributed by atoms with van der Waals surface area (Å²) in [6.07, 6.45) is 0. The molecule has 0 amide bonds. The fraction of sp³-hybridized carbons (Fsp3) is 0. The molecule has 0 aliphatic rings. The van der Waals surface area contributed by atoms with Gasteiger partial charge in [0.25, 0.3) is 0 Å². The van der Waals surface area contributed by atoms with Crippen LogP contribution in [0.25, 0.3) is 110 Å². The Balaban J connectivity index is 1.13. The van der Waals surface area contributed by atoms with Gasteiger partial charge >= 0.3 is 0 Å². The molecule has 0 aliphatic heterocycles. The Morgan fingerprint density at radius 2 is 0.698 bits per heavy atom. The molecule has 246 valence electrons. The van der Waals surface area contributed by atoms with Gasteiger partial charge < -0.3 is 4.42 Å². The molecule has 0 saturated carbocycles. The third-order valence-corrected chi connectivity index (χ3v) is 10.7. The molecule has 11 rings (SSSR count). The lowest BCUT2D eigenvalue weighted by molar-refractivity contribution is 0.669. The molecule has 0 radical (unpaired) electrons. The Labute approximate surface area is 314 Å². The third-order valence-electron chi connectivity index (χ3n) is 10.7. The second kappa shape index (κ2) is 11.8. The van der Waals surface area contributed by atoms with Crippen molar-refractivity contribution in [2.45, 2.75) is 0 Å². The van der Waals surface area contributed by atoms with Crippen LogP contribution in [0.5, 0.6) is 0 Å². The van der Waals surface area contributed by atoms with E-state index in [4.69, 9.17) is 11.3 Å². The molecule has 1 heterocycles. The number of furan rings is 1. The molecule has 0 atom stereocenters. The Hall–Kier alpha value is -6.96. The van der Waals surface area contributed by atoms with Gasteiger partial charge in [-0.2, -0.15) is 0 Å². The molecule has 0 bridgehead atoms. The third kappa shape index (κ3) is 4.58. The van der Waals surface area contributed by atoms with Crippen molar-refractivity contribution in [1.82, 2.24) is 0 Å². The maximum absolute atomic E-state index is 8.90. The van der Waals surface area contributed by atoms with Crippen molar-refractivity contribution in [2.24, 2.45) is 0 Å². The van der Waals surface area contributed by atoms with Gasteiger partial charge in [0.15, 0.2) is 0 Å². The fourth-order valence-corrected chi connectivity index (χ4v) is 8.53. The first-order valence-electron chi connectivity index (χ1n) is 20.4. The van der Waals surface area contributed by atoms with Gasteiger partial charge in [-0.25, -0.2) is 0 Å². The summed E-state index contributed by atoms with van der Waals surface area (Å²) in [6, 6.07) is 55.2. The van der Waals surface area contributed by atoms with E-state index in [9.17, 15) is 0 Å². The average Bonchev–Trinajstić information content (AvgIpc) is 3.64. The molecule has 0 unspecified atom stereocenters. The van der Waals surface area contributed by atoms with Crippen LogP contribution < -0.4 is 0 Å². The summed E-state index contributed by atoms with van der Waals surface area (Å²) in [5.41, 5.74) is 9.09. The highest BCUT2D eigenvalue weighted by atomic mass is 16.3. The molecular formula is C52H32O. The van der Waals surface area contributed by atoms with Crippen LogP contribution in [-0.2, 0) is 0 Å². The van der Waals surface area contributed by atoms with E-state index in [0.29, 0.717) is 5.56 Å². The lowest BCUT2D eigenvalue weighted by Gasteiger charge is -2.17. The predicted molar refractivity (Wildman–Crippen MR) is 225 cm³/mol. The topological polar surface area (TPSA) is 13.1 Å². The predicted octanol–water partition coefficient (Wildman–Crippen LogP) is 14.9. The Kier molecular flexibility index (Phi) is 5.58. The van der Waals surface area contributed by atoms with Crippen molar-refractivity contribution in [3.63, 3.8) is 0 Å². The zero-order valence-electron chi connectivity index (χ0n) is 33.5. The van der Waals surface area contributed by atoms with Gasteiger partial charge in [-0.05, 0) is 112 Å². The van der Waals surface area contributed by atoms with E-state index in [-0.39, 0.29) is 29.7 Å². The molecule has 53 heavy (non-hydrogen) atoms. The Morgan fingerprint density at radius 3 is 1.21 bits per heavy atom. The monoisotopic (exact) mass is 677 g/mol. The second-order valence-corrected chi connectivity index (χ2v) is 13.6. The first-order valence-corrected chi connectivity index (χ1v) is 17.9. The van der Waals surface area contributed by atoms with Gasteiger partial charge in [-0.3, -0.25) is 0 Å². The molecule has 1 heteroatoms. The molecule has 1 nitrogen and oxygen atoms in total. The molecule has 0 saturated heterocycles. The van der Waals surface area contributed by atoms with E-state index in [1.165, 1.54) is 38.2 Å². The van der Waals surface area contributed by atoms with E-state index in [0.717, 1.165) is 60.2 Å². The fourth-order valence-electron chi connectivity index (χ4n) is 8.53. The standard InChI is InChI=1S/C52H32O/c1-3-15-33(16-4-1)49-38-19-7-11-23-42(38)51(43-24-12-8-20-39(43)49)35-28-30-47-46(31-35)37-29-27-36(32-48(37)53-47)52-44-25-13-9-21-40(44)50(34-17-5-2-6-18-34)41-22-10-14-26-45(41)52/h1-32H/i1D,3D,4D,15D,16D. The smallest absolute Gasteiger partial charge is 0.136 e. The van der Waals surface area contributed by atoms with Gasteiger partial charge in [0.1, 0.15) is 11.2 Å². The Morgan fingerprint density at radius 1 is 0.283 bits per heavy atom. The van der Waals surface area contributed by atoms with Crippen LogP contribution in [0.1, 0.15) is 6.85 Å². The van der Waals surface area contributed by atoms with Gasteiger partial charge in [0.2, 0.25) is 0 Å². The molecular weight excluding hydrogens is 641 g/mol. The van der Waals surface area contributed by atoms with Crippen molar-refractivity contribution in [1.29, 1.82) is 0 Å². The summed E-state index contributed by atoms with van der Waals surface area (Å²) < 4.78 is 49.6. The van der Waals surface area contributed by atoms with Gasteiger partial charge in [-0.1, -0.05) is 170 Å². The number of rotatable bonds is 4. The van der Waals surface area contributed by atoms with Gasteiger partial charge in [-0.15, -0.1) is 0 Å². The lowest BCUT2D eigenvalue weighted by atomic mass is 9.85. The van der Waals surface area contributed by atoms with Crippen molar-refractivity contribution < 1.29 is 11.3 Å². The summed E-state index contributed by atoms with van der Waals surface area (Å²) >= 11 is 0. The number of benzene rings is 10. The molecule has 10 aromatic carbocycles. The number of hydrogen-bond acceptors (Lipinski definition) is 1. The molecule has 0 fully saturated rings. The number of hydrogen-bond donors (Lipinski definition) is 0. The van der Waals surface area contributed by atoms with E-state index in [1.807, 2.05) is 42.5 Å². The quantitative estimate of drug-likeness (QED) is 0.169. The molecule has 11 aromatic rings. The van der Waals surface area contributed by atoms with E-state index in [1.54, 1.807) is 0 Å². The van der Waals surface area contributed by atoms with Crippen LogP contribution >= 0.6 is 0 Å². The SMILES string of the molecule is [2H]c1c([2H])c([2H])c(-c2c3ccccc3c(-c3ccc4oc5cc(-c6c7ccccc7c(-c7ccccc7)c7ccccc67)ccc5c4c3)c3ccccc23)c([2H])c1[2H]. The summed E-state index contributed by atoms with van der Waals surface area (Å²) in [5.74, 6) is 0. The van der Waals surface area contributed by atoms with Crippen molar-refractivity contribution in [3.8, 4) is 44.5 Å². The van der Waals surface area contributed by atoms with Gasteiger partial charge in [0, 0.05) is 10.8 Å². The molecule has 0 spiro atoms. The normalized spacial score (nSPS) is 13.1. The summed E-state index contributed by atoms with van der Waals surface area (Å²) in [7, 11) is 0. The first-order chi connectivity index (χ1) is 28.4. The highest BCUT2D eigenvalue weighted by Crippen LogP contribution is 2.47. The minimum absolute atomic E-state index is 0.201. The van der Waals surface area contributed by atoms with Crippen molar-refractivity contribution in [3.05, 3.63) is 194 Å². The van der Waals surface area contributed by atoms with Crippen LogP contribution in [0.4, 0.5) is 0 Å². The molecule has 1 aromatic heterocycles. The van der Waals surface area contributed by atoms with Crippen LogP contribution in [-0.4, -0.2) is 0 Å².